The van der Waals surface area contributed by atoms with Crippen molar-refractivity contribution in [1.82, 2.24) is 15.6 Å². The van der Waals surface area contributed by atoms with Crippen LogP contribution in [0.2, 0.25) is 0 Å². The number of amides is 3. The average molecular weight is 344 g/mol. The van der Waals surface area contributed by atoms with Gasteiger partial charge in [0.1, 0.15) is 12.4 Å². The van der Waals surface area contributed by atoms with Gasteiger partial charge in [0.2, 0.25) is 5.88 Å². The minimum atomic E-state index is -0.559. The number of hydrogen-bond donors (Lipinski definition) is 3. The molecule has 2 heterocycles. The zero-order valence-corrected chi connectivity index (χ0v) is 14.0. The number of carbonyl (C=O) groups excluding carboxylic acids is 2. The standard InChI is InChI=1S/C17H20N4O4/c1-9(2)25-14-6-12-10(5-13(14)15(18)22)3-4-19-16(12)24-8-11-7-20-17(23)21-11/h3-6,9,11H,7-8H2,1-2H3,(H2,18,22)(H2,20,21,23). The third-order valence-electron chi connectivity index (χ3n) is 3.72. The van der Waals surface area contributed by atoms with E-state index in [4.69, 9.17) is 15.2 Å². The highest BCUT2D eigenvalue weighted by atomic mass is 16.5. The maximum Gasteiger partial charge on any atom is 0.315 e. The van der Waals surface area contributed by atoms with Gasteiger partial charge in [-0.15, -0.1) is 0 Å². The minimum absolute atomic E-state index is 0.114. The Kier molecular flexibility index (Phi) is 4.60. The molecule has 25 heavy (non-hydrogen) atoms. The Morgan fingerprint density at radius 3 is 2.88 bits per heavy atom. The van der Waals surface area contributed by atoms with Gasteiger partial charge in [0.05, 0.1) is 17.7 Å². The lowest BCUT2D eigenvalue weighted by Gasteiger charge is -2.16. The van der Waals surface area contributed by atoms with E-state index in [2.05, 4.69) is 15.6 Å². The summed E-state index contributed by atoms with van der Waals surface area (Å²) >= 11 is 0. The second-order valence-electron chi connectivity index (χ2n) is 6.08. The summed E-state index contributed by atoms with van der Waals surface area (Å²) in [5.74, 6) is 0.239. The fraction of sp³-hybridized carbons (Fsp3) is 0.353. The number of primary amides is 1. The number of pyridine rings is 1. The van der Waals surface area contributed by atoms with Crippen LogP contribution >= 0.6 is 0 Å². The smallest absolute Gasteiger partial charge is 0.315 e. The van der Waals surface area contributed by atoms with Crippen molar-refractivity contribution in [3.63, 3.8) is 0 Å². The number of ether oxygens (including phenoxy) is 2. The lowest BCUT2D eigenvalue weighted by atomic mass is 10.1. The first-order valence-corrected chi connectivity index (χ1v) is 8.00. The number of carbonyl (C=O) groups is 2. The highest BCUT2D eigenvalue weighted by Gasteiger charge is 2.21. The number of urea groups is 1. The molecule has 1 fully saturated rings. The lowest BCUT2D eigenvalue weighted by molar-refractivity contribution is 0.0994. The average Bonchev–Trinajstić information content (AvgIpc) is 2.97. The topological polar surface area (TPSA) is 116 Å². The van der Waals surface area contributed by atoms with Crippen LogP contribution in [-0.4, -0.2) is 42.2 Å². The number of aromatic nitrogens is 1. The molecule has 2 aromatic rings. The first-order valence-electron chi connectivity index (χ1n) is 8.00. The number of hydrogen-bond acceptors (Lipinski definition) is 5. The van der Waals surface area contributed by atoms with Crippen LogP contribution in [-0.2, 0) is 0 Å². The van der Waals surface area contributed by atoms with E-state index in [0.29, 0.717) is 29.1 Å². The highest BCUT2D eigenvalue weighted by molar-refractivity contribution is 6.01. The van der Waals surface area contributed by atoms with E-state index in [-0.39, 0.29) is 24.8 Å². The number of fused-ring (bicyclic) bond motifs is 1. The van der Waals surface area contributed by atoms with Crippen LogP contribution in [0.25, 0.3) is 10.8 Å². The summed E-state index contributed by atoms with van der Waals surface area (Å²) in [5, 5.41) is 6.89. The fourth-order valence-corrected chi connectivity index (χ4v) is 2.62. The van der Waals surface area contributed by atoms with Gasteiger partial charge in [-0.2, -0.15) is 0 Å². The zero-order chi connectivity index (χ0) is 18.0. The van der Waals surface area contributed by atoms with Gasteiger partial charge in [0.25, 0.3) is 5.91 Å². The third-order valence-corrected chi connectivity index (χ3v) is 3.72. The third kappa shape index (κ3) is 3.73. The molecule has 4 N–H and O–H groups in total. The number of nitrogens with zero attached hydrogens (tertiary/aromatic N) is 1. The van der Waals surface area contributed by atoms with E-state index in [0.717, 1.165) is 5.39 Å². The van der Waals surface area contributed by atoms with E-state index >= 15 is 0 Å². The van der Waals surface area contributed by atoms with Crippen LogP contribution in [0.3, 0.4) is 0 Å². The minimum Gasteiger partial charge on any atom is -0.490 e. The largest absolute Gasteiger partial charge is 0.490 e. The van der Waals surface area contributed by atoms with Crippen molar-refractivity contribution in [3.8, 4) is 11.6 Å². The number of nitrogens with two attached hydrogens (primary N) is 1. The summed E-state index contributed by atoms with van der Waals surface area (Å²) in [6.45, 7) is 4.51. The summed E-state index contributed by atoms with van der Waals surface area (Å²) in [6, 6.07) is 4.82. The normalized spacial score (nSPS) is 16.6. The van der Waals surface area contributed by atoms with Crippen molar-refractivity contribution in [2.75, 3.05) is 13.2 Å². The van der Waals surface area contributed by atoms with E-state index in [1.807, 2.05) is 13.8 Å². The Morgan fingerprint density at radius 2 is 2.24 bits per heavy atom. The van der Waals surface area contributed by atoms with Crippen molar-refractivity contribution < 1.29 is 19.1 Å². The second kappa shape index (κ2) is 6.84. The second-order valence-corrected chi connectivity index (χ2v) is 6.08. The van der Waals surface area contributed by atoms with Crippen molar-refractivity contribution in [3.05, 3.63) is 30.0 Å². The van der Waals surface area contributed by atoms with E-state index in [9.17, 15) is 9.59 Å². The predicted molar refractivity (Wildman–Crippen MR) is 91.8 cm³/mol. The van der Waals surface area contributed by atoms with Gasteiger partial charge in [-0.25, -0.2) is 9.78 Å². The summed E-state index contributed by atoms with van der Waals surface area (Å²) in [4.78, 5) is 27.1. The molecule has 0 aliphatic carbocycles. The quantitative estimate of drug-likeness (QED) is 0.728. The van der Waals surface area contributed by atoms with E-state index in [1.54, 1.807) is 24.4 Å². The summed E-state index contributed by atoms with van der Waals surface area (Å²) in [6.07, 6.45) is 1.48. The SMILES string of the molecule is CC(C)Oc1cc2c(OCC3CNC(=O)N3)nccc2cc1C(N)=O. The van der Waals surface area contributed by atoms with Gasteiger partial charge in [-0.3, -0.25) is 4.79 Å². The molecule has 0 radical (unpaired) electrons. The molecule has 1 aliphatic heterocycles. The Morgan fingerprint density at radius 1 is 1.44 bits per heavy atom. The van der Waals surface area contributed by atoms with Crippen LogP contribution in [0, 0.1) is 0 Å². The Hall–Kier alpha value is -3.03. The first-order chi connectivity index (χ1) is 11.9. The summed E-state index contributed by atoms with van der Waals surface area (Å²) in [5.41, 5.74) is 5.77. The zero-order valence-electron chi connectivity index (χ0n) is 14.0. The molecular formula is C17H20N4O4. The fourth-order valence-electron chi connectivity index (χ4n) is 2.62. The Labute approximate surface area is 144 Å². The van der Waals surface area contributed by atoms with Gasteiger partial charge < -0.3 is 25.8 Å². The monoisotopic (exact) mass is 344 g/mol. The molecule has 1 unspecified atom stereocenters. The van der Waals surface area contributed by atoms with Gasteiger partial charge in [-0.1, -0.05) is 0 Å². The molecule has 8 nitrogen and oxygen atoms in total. The summed E-state index contributed by atoms with van der Waals surface area (Å²) < 4.78 is 11.5. The molecule has 1 atom stereocenters. The van der Waals surface area contributed by atoms with Crippen LogP contribution in [0.1, 0.15) is 24.2 Å². The van der Waals surface area contributed by atoms with Crippen LogP contribution < -0.4 is 25.8 Å². The molecule has 1 aromatic carbocycles. The molecule has 1 saturated heterocycles. The summed E-state index contributed by atoms with van der Waals surface area (Å²) in [7, 11) is 0. The van der Waals surface area contributed by atoms with Crippen molar-refractivity contribution in [2.45, 2.75) is 26.0 Å². The first kappa shape index (κ1) is 16.8. The van der Waals surface area contributed by atoms with Gasteiger partial charge >= 0.3 is 6.03 Å². The molecule has 8 heteroatoms. The number of benzene rings is 1. The molecule has 132 valence electrons. The van der Waals surface area contributed by atoms with Crippen molar-refractivity contribution in [1.29, 1.82) is 0 Å². The maximum absolute atomic E-state index is 11.7. The highest BCUT2D eigenvalue weighted by Crippen LogP contribution is 2.31. The van der Waals surface area contributed by atoms with E-state index < -0.39 is 5.91 Å². The molecule has 0 spiro atoms. The van der Waals surface area contributed by atoms with Gasteiger partial charge in [0, 0.05) is 18.1 Å². The Bertz CT molecular complexity index is 822. The van der Waals surface area contributed by atoms with E-state index in [1.165, 1.54) is 0 Å². The molecular weight excluding hydrogens is 324 g/mol. The lowest BCUT2D eigenvalue weighted by Crippen LogP contribution is -2.32. The Balaban J connectivity index is 1.93. The molecule has 3 rings (SSSR count). The number of rotatable bonds is 6. The van der Waals surface area contributed by atoms with Crippen molar-refractivity contribution >= 4 is 22.7 Å². The molecule has 1 aliphatic rings. The van der Waals surface area contributed by atoms with Crippen LogP contribution in [0.4, 0.5) is 4.79 Å². The van der Waals surface area contributed by atoms with Gasteiger partial charge in [0.15, 0.2) is 0 Å². The molecule has 3 amide bonds. The predicted octanol–water partition coefficient (Wildman–Crippen LogP) is 1.18. The molecule has 1 aromatic heterocycles. The maximum atomic E-state index is 11.7. The van der Waals surface area contributed by atoms with Crippen LogP contribution in [0.5, 0.6) is 11.6 Å². The van der Waals surface area contributed by atoms with Gasteiger partial charge in [-0.05, 0) is 37.4 Å². The molecule has 0 bridgehead atoms. The van der Waals surface area contributed by atoms with Crippen LogP contribution in [0.15, 0.2) is 24.4 Å². The number of nitrogens with one attached hydrogen (secondary N) is 2. The molecule has 0 saturated carbocycles. The van der Waals surface area contributed by atoms with Crippen molar-refractivity contribution in [2.24, 2.45) is 5.73 Å².